The van der Waals surface area contributed by atoms with Crippen molar-refractivity contribution in [2.24, 2.45) is 7.05 Å². The molecule has 0 atom stereocenters. The topological polar surface area (TPSA) is 31.2 Å². The van der Waals surface area contributed by atoms with Crippen LogP contribution >= 0.6 is 39.1 Å². The molecule has 0 unspecified atom stereocenters. The van der Waals surface area contributed by atoms with E-state index in [2.05, 4.69) is 15.9 Å². The van der Waals surface area contributed by atoms with E-state index in [0.717, 1.165) is 12.1 Å². The van der Waals surface area contributed by atoms with Gasteiger partial charge in [-0.05, 0) is 34.1 Å². The highest BCUT2D eigenvalue weighted by Crippen LogP contribution is 2.37. The minimum absolute atomic E-state index is 0.0113. The van der Waals surface area contributed by atoms with Crippen LogP contribution in [0.4, 0.5) is 4.39 Å². The van der Waals surface area contributed by atoms with Crippen LogP contribution in [0.2, 0.25) is 10.0 Å². The molecule has 1 aromatic heterocycles. The van der Waals surface area contributed by atoms with E-state index in [1.807, 2.05) is 0 Å². The van der Waals surface area contributed by atoms with E-state index in [-0.39, 0.29) is 27.1 Å². The van der Waals surface area contributed by atoms with Gasteiger partial charge in [-0.25, -0.2) is 4.39 Å². The minimum Gasteiger partial charge on any atom is -0.447 e. The van der Waals surface area contributed by atoms with Gasteiger partial charge in [0.2, 0.25) is 5.75 Å². The van der Waals surface area contributed by atoms with Crippen molar-refractivity contribution >= 4 is 39.1 Å². The molecule has 0 aliphatic rings. The van der Waals surface area contributed by atoms with Crippen molar-refractivity contribution in [3.63, 3.8) is 0 Å². The summed E-state index contributed by atoms with van der Waals surface area (Å²) in [5.41, 5.74) is -0.370. The normalized spacial score (nSPS) is 10.6. The minimum atomic E-state index is -0.581. The van der Waals surface area contributed by atoms with E-state index in [9.17, 15) is 9.18 Å². The first-order chi connectivity index (χ1) is 8.90. The molecule has 1 heterocycles. The molecule has 0 spiro atoms. The lowest BCUT2D eigenvalue weighted by Crippen LogP contribution is -2.17. The lowest BCUT2D eigenvalue weighted by atomic mass is 10.3. The molecule has 7 heteroatoms. The van der Waals surface area contributed by atoms with Gasteiger partial charge < -0.3 is 9.30 Å². The van der Waals surface area contributed by atoms with Gasteiger partial charge >= 0.3 is 0 Å². The molecule has 0 aliphatic heterocycles. The highest BCUT2D eigenvalue weighted by molar-refractivity contribution is 9.10. The Morgan fingerprint density at radius 2 is 1.84 bits per heavy atom. The Kier molecular flexibility index (Phi) is 4.18. The van der Waals surface area contributed by atoms with Gasteiger partial charge in [-0.1, -0.05) is 23.2 Å². The van der Waals surface area contributed by atoms with Gasteiger partial charge in [0.1, 0.15) is 5.82 Å². The average molecular weight is 367 g/mol. The zero-order chi connectivity index (χ0) is 14.2. The molecule has 0 saturated heterocycles. The Morgan fingerprint density at radius 3 is 2.42 bits per heavy atom. The second kappa shape index (κ2) is 5.53. The Labute approximate surface area is 126 Å². The summed E-state index contributed by atoms with van der Waals surface area (Å²) in [4.78, 5) is 11.9. The molecule has 0 N–H and O–H groups in total. The summed E-state index contributed by atoms with van der Waals surface area (Å²) in [6.45, 7) is 0. The van der Waals surface area contributed by atoms with Crippen LogP contribution in [0, 0.1) is 5.82 Å². The molecule has 0 fully saturated rings. The SMILES string of the molecule is Cn1ccc(Br)c(Oc2c(Cl)cc(F)cc2Cl)c1=O. The lowest BCUT2D eigenvalue weighted by Gasteiger charge is -2.11. The first-order valence-electron chi connectivity index (χ1n) is 5.07. The Balaban J connectivity index is 2.54. The van der Waals surface area contributed by atoms with Crippen molar-refractivity contribution in [3.8, 4) is 11.5 Å². The van der Waals surface area contributed by atoms with Crippen LogP contribution in [-0.4, -0.2) is 4.57 Å². The number of hydrogen-bond acceptors (Lipinski definition) is 2. The molecule has 0 saturated carbocycles. The molecular weight excluding hydrogens is 360 g/mol. The second-order valence-corrected chi connectivity index (χ2v) is 5.38. The number of benzene rings is 1. The molecule has 2 aromatic rings. The number of aryl methyl sites for hydroxylation is 1. The third-order valence-corrected chi connectivity index (χ3v) is 3.53. The molecule has 2 rings (SSSR count). The first-order valence-corrected chi connectivity index (χ1v) is 6.62. The van der Waals surface area contributed by atoms with Gasteiger partial charge in [-0.2, -0.15) is 0 Å². The summed E-state index contributed by atoms with van der Waals surface area (Å²) in [7, 11) is 1.58. The molecule has 0 aliphatic carbocycles. The van der Waals surface area contributed by atoms with E-state index < -0.39 is 5.82 Å². The average Bonchev–Trinajstić information content (AvgIpc) is 2.32. The van der Waals surface area contributed by atoms with Crippen molar-refractivity contribution in [1.29, 1.82) is 0 Å². The number of ether oxygens (including phenoxy) is 1. The molecule has 0 bridgehead atoms. The van der Waals surface area contributed by atoms with Gasteiger partial charge in [0.05, 0.1) is 14.5 Å². The van der Waals surface area contributed by atoms with Crippen LogP contribution < -0.4 is 10.3 Å². The summed E-state index contributed by atoms with van der Waals surface area (Å²) in [5.74, 6) is -0.517. The van der Waals surface area contributed by atoms with Crippen LogP contribution in [-0.2, 0) is 7.05 Å². The van der Waals surface area contributed by atoms with Gasteiger partial charge in [-0.3, -0.25) is 4.79 Å². The highest BCUT2D eigenvalue weighted by Gasteiger charge is 2.15. The van der Waals surface area contributed by atoms with E-state index in [1.165, 1.54) is 4.57 Å². The van der Waals surface area contributed by atoms with Crippen LogP contribution in [0.5, 0.6) is 11.5 Å². The lowest BCUT2D eigenvalue weighted by molar-refractivity contribution is 0.465. The zero-order valence-corrected chi connectivity index (χ0v) is 12.7. The quantitative estimate of drug-likeness (QED) is 0.789. The van der Waals surface area contributed by atoms with E-state index in [1.54, 1.807) is 19.3 Å². The third kappa shape index (κ3) is 2.94. The van der Waals surface area contributed by atoms with E-state index in [0.29, 0.717) is 4.47 Å². The largest absolute Gasteiger partial charge is 0.447 e. The molecule has 3 nitrogen and oxygen atoms in total. The summed E-state index contributed by atoms with van der Waals surface area (Å²) < 4.78 is 20.3. The smallest absolute Gasteiger partial charge is 0.294 e. The number of hydrogen-bond donors (Lipinski definition) is 0. The number of halogens is 4. The van der Waals surface area contributed by atoms with Gasteiger partial charge in [-0.15, -0.1) is 0 Å². The van der Waals surface area contributed by atoms with Crippen LogP contribution in [0.15, 0.2) is 33.7 Å². The predicted octanol–water partition coefficient (Wildman–Crippen LogP) is 4.39. The molecule has 0 radical (unpaired) electrons. The van der Waals surface area contributed by atoms with Gasteiger partial charge in [0, 0.05) is 13.2 Å². The maximum atomic E-state index is 13.1. The van der Waals surface area contributed by atoms with E-state index in [4.69, 9.17) is 27.9 Å². The van der Waals surface area contributed by atoms with Gasteiger partial charge in [0.15, 0.2) is 5.75 Å². The summed E-state index contributed by atoms with van der Waals surface area (Å²) >= 11 is 14.9. The molecule has 19 heavy (non-hydrogen) atoms. The summed E-state index contributed by atoms with van der Waals surface area (Å²) in [5, 5.41) is -0.0226. The Morgan fingerprint density at radius 1 is 1.26 bits per heavy atom. The standard InChI is InChI=1S/C12H7BrCl2FNO2/c1-17-3-2-7(13)10(12(17)18)19-11-8(14)4-6(16)5-9(11)15/h2-5H,1H3. The highest BCUT2D eigenvalue weighted by atomic mass is 79.9. The number of aromatic nitrogens is 1. The molecule has 1 aromatic carbocycles. The van der Waals surface area contributed by atoms with Crippen LogP contribution in [0.25, 0.3) is 0 Å². The molecule has 100 valence electrons. The summed E-state index contributed by atoms with van der Waals surface area (Å²) in [6, 6.07) is 3.76. The Hall–Kier alpha value is -1.04. The van der Waals surface area contributed by atoms with Crippen molar-refractivity contribution in [3.05, 3.63) is 55.1 Å². The number of pyridine rings is 1. The summed E-state index contributed by atoms with van der Waals surface area (Å²) in [6.07, 6.45) is 1.58. The zero-order valence-electron chi connectivity index (χ0n) is 9.58. The monoisotopic (exact) mass is 365 g/mol. The number of rotatable bonds is 2. The predicted molar refractivity (Wildman–Crippen MR) is 75.9 cm³/mol. The van der Waals surface area contributed by atoms with Crippen LogP contribution in [0.1, 0.15) is 0 Å². The maximum Gasteiger partial charge on any atom is 0.294 e. The first kappa shape index (κ1) is 14.4. The fourth-order valence-corrected chi connectivity index (χ4v) is 2.31. The Bertz CT molecular complexity index is 680. The van der Waals surface area contributed by atoms with Crippen molar-refractivity contribution in [2.45, 2.75) is 0 Å². The maximum absolute atomic E-state index is 13.1. The second-order valence-electron chi connectivity index (χ2n) is 3.71. The van der Waals surface area contributed by atoms with Crippen molar-refractivity contribution in [2.75, 3.05) is 0 Å². The fraction of sp³-hybridized carbons (Fsp3) is 0.0833. The van der Waals surface area contributed by atoms with E-state index >= 15 is 0 Å². The molecule has 0 amide bonds. The fourth-order valence-electron chi connectivity index (χ4n) is 1.40. The van der Waals surface area contributed by atoms with Crippen molar-refractivity contribution < 1.29 is 9.13 Å². The molecular formula is C12H7BrCl2FNO2. The third-order valence-electron chi connectivity index (χ3n) is 2.34. The number of nitrogens with zero attached hydrogens (tertiary/aromatic N) is 1. The van der Waals surface area contributed by atoms with Gasteiger partial charge in [0.25, 0.3) is 5.56 Å². The van der Waals surface area contributed by atoms with Crippen molar-refractivity contribution in [1.82, 2.24) is 4.57 Å². The van der Waals surface area contributed by atoms with Crippen LogP contribution in [0.3, 0.4) is 0 Å².